The van der Waals surface area contributed by atoms with Gasteiger partial charge < -0.3 is 5.11 Å². The highest BCUT2D eigenvalue weighted by atomic mass is 16.4. The second-order valence-electron chi connectivity index (χ2n) is 3.29. The van der Waals surface area contributed by atoms with E-state index >= 15 is 0 Å². The molecule has 72 valence electrons. The minimum Gasteiger partial charge on any atom is -0.478 e. The number of hydrogen-bond acceptors (Lipinski definition) is 2. The van der Waals surface area contributed by atoms with Crippen molar-refractivity contribution in [2.75, 3.05) is 0 Å². The van der Waals surface area contributed by atoms with Gasteiger partial charge in [0.05, 0.1) is 11.1 Å². The fraction of sp³-hybridized carbons (Fsp3) is 0.200. The normalized spacial score (nSPS) is 10.7. The maximum Gasteiger partial charge on any atom is 0.336 e. The lowest BCUT2D eigenvalue weighted by Gasteiger charge is -2.00. The number of carboxylic acid groups (broad SMARTS) is 1. The third-order valence-corrected chi connectivity index (χ3v) is 2.40. The third kappa shape index (κ3) is 1.08. The first kappa shape index (κ1) is 8.74. The molecule has 0 aliphatic rings. The van der Waals surface area contributed by atoms with Crippen LogP contribution in [0, 0.1) is 13.8 Å². The average Bonchev–Trinajstić information content (AvgIpc) is 2.49. The molecule has 0 aliphatic heterocycles. The first-order valence-electron chi connectivity index (χ1n) is 4.29. The van der Waals surface area contributed by atoms with Crippen molar-refractivity contribution in [3.05, 3.63) is 29.0 Å². The Morgan fingerprint density at radius 3 is 2.79 bits per heavy atom. The van der Waals surface area contributed by atoms with Crippen LogP contribution < -0.4 is 0 Å². The zero-order valence-corrected chi connectivity index (χ0v) is 7.96. The maximum absolute atomic E-state index is 10.8. The molecular formula is C10H10N2O2. The number of rotatable bonds is 1. The molecule has 0 aliphatic carbocycles. The van der Waals surface area contributed by atoms with Crippen molar-refractivity contribution in [2.24, 2.45) is 0 Å². The van der Waals surface area contributed by atoms with Gasteiger partial charge in [-0.1, -0.05) is 6.07 Å². The molecule has 0 saturated carbocycles. The number of H-pyrrole nitrogens is 1. The Morgan fingerprint density at radius 2 is 2.14 bits per heavy atom. The summed E-state index contributed by atoms with van der Waals surface area (Å²) in [4.78, 5) is 10.8. The molecule has 1 heterocycles. The van der Waals surface area contributed by atoms with Crippen LogP contribution in [0.2, 0.25) is 0 Å². The monoisotopic (exact) mass is 190 g/mol. The van der Waals surface area contributed by atoms with E-state index in [9.17, 15) is 4.79 Å². The third-order valence-electron chi connectivity index (χ3n) is 2.40. The lowest BCUT2D eigenvalue weighted by Crippen LogP contribution is -1.99. The van der Waals surface area contributed by atoms with Crippen molar-refractivity contribution in [3.63, 3.8) is 0 Å². The molecule has 2 N–H and O–H groups in total. The Labute approximate surface area is 80.6 Å². The largest absolute Gasteiger partial charge is 0.478 e. The number of nitrogens with zero attached hydrogens (tertiary/aromatic N) is 1. The number of aromatic carboxylic acids is 1. The van der Waals surface area contributed by atoms with E-state index in [0.29, 0.717) is 11.1 Å². The van der Waals surface area contributed by atoms with Crippen molar-refractivity contribution < 1.29 is 9.90 Å². The smallest absolute Gasteiger partial charge is 0.336 e. The molecule has 2 rings (SSSR count). The lowest BCUT2D eigenvalue weighted by molar-refractivity contribution is 0.0696. The molecule has 0 fully saturated rings. The van der Waals surface area contributed by atoms with E-state index < -0.39 is 5.97 Å². The number of fused-ring (bicyclic) bond motifs is 1. The second-order valence-corrected chi connectivity index (χ2v) is 3.29. The van der Waals surface area contributed by atoms with E-state index in [1.54, 1.807) is 19.1 Å². The van der Waals surface area contributed by atoms with Crippen LogP contribution in [0.5, 0.6) is 0 Å². The minimum absolute atomic E-state index is 0.309. The van der Waals surface area contributed by atoms with E-state index in [0.717, 1.165) is 16.6 Å². The Kier molecular flexibility index (Phi) is 1.77. The van der Waals surface area contributed by atoms with Crippen molar-refractivity contribution in [3.8, 4) is 0 Å². The van der Waals surface area contributed by atoms with Gasteiger partial charge in [-0.25, -0.2) is 4.79 Å². The Hall–Kier alpha value is -1.84. The summed E-state index contributed by atoms with van der Waals surface area (Å²) in [7, 11) is 0. The average molecular weight is 190 g/mol. The summed E-state index contributed by atoms with van der Waals surface area (Å²) >= 11 is 0. The van der Waals surface area contributed by atoms with Crippen molar-refractivity contribution in [1.29, 1.82) is 0 Å². The standard InChI is InChI=1S/C10H10N2O2/c1-5-7(10(13)14)3-4-8-6(2)11-12-9(5)8/h3-4H,1-2H3,(H,11,12)(H,13,14). The van der Waals surface area contributed by atoms with Crippen LogP contribution >= 0.6 is 0 Å². The molecule has 0 radical (unpaired) electrons. The summed E-state index contributed by atoms with van der Waals surface area (Å²) in [6.45, 7) is 3.68. The van der Waals surface area contributed by atoms with Crippen molar-refractivity contribution in [1.82, 2.24) is 10.2 Å². The minimum atomic E-state index is -0.912. The van der Waals surface area contributed by atoms with Crippen molar-refractivity contribution >= 4 is 16.9 Å². The Balaban J connectivity index is 2.82. The van der Waals surface area contributed by atoms with Crippen LogP contribution in [0.25, 0.3) is 10.9 Å². The highest BCUT2D eigenvalue weighted by Crippen LogP contribution is 2.21. The van der Waals surface area contributed by atoms with Crippen LogP contribution in [-0.4, -0.2) is 21.3 Å². The molecule has 0 saturated heterocycles. The van der Waals surface area contributed by atoms with Gasteiger partial charge in [0.25, 0.3) is 0 Å². The fourth-order valence-electron chi connectivity index (χ4n) is 1.58. The van der Waals surface area contributed by atoms with Gasteiger partial charge in [0.1, 0.15) is 0 Å². The summed E-state index contributed by atoms with van der Waals surface area (Å²) in [5.74, 6) is -0.912. The number of carboxylic acids is 1. The Morgan fingerprint density at radius 1 is 1.43 bits per heavy atom. The maximum atomic E-state index is 10.8. The van der Waals surface area contributed by atoms with Gasteiger partial charge in [0.2, 0.25) is 0 Å². The quantitative estimate of drug-likeness (QED) is 0.721. The number of nitrogens with one attached hydrogen (secondary N) is 1. The van der Waals surface area contributed by atoms with E-state index in [-0.39, 0.29) is 0 Å². The van der Waals surface area contributed by atoms with Crippen LogP contribution in [0.3, 0.4) is 0 Å². The van der Waals surface area contributed by atoms with E-state index in [2.05, 4.69) is 10.2 Å². The first-order chi connectivity index (χ1) is 6.61. The summed E-state index contributed by atoms with van der Waals surface area (Å²) in [5, 5.41) is 16.8. The van der Waals surface area contributed by atoms with Crippen LogP contribution in [-0.2, 0) is 0 Å². The molecule has 1 aromatic heterocycles. The van der Waals surface area contributed by atoms with E-state index in [4.69, 9.17) is 5.11 Å². The lowest BCUT2D eigenvalue weighted by atomic mass is 10.0. The molecule has 0 atom stereocenters. The number of benzene rings is 1. The molecule has 0 bridgehead atoms. The zero-order valence-electron chi connectivity index (χ0n) is 7.96. The summed E-state index contributed by atoms with van der Waals surface area (Å²) in [6, 6.07) is 3.40. The summed E-state index contributed by atoms with van der Waals surface area (Å²) in [6.07, 6.45) is 0. The number of aromatic amines is 1. The highest BCUT2D eigenvalue weighted by Gasteiger charge is 2.12. The SMILES string of the molecule is Cc1[nH]nc2c(C)c(C(=O)O)ccc12. The van der Waals surface area contributed by atoms with Gasteiger partial charge in [0, 0.05) is 11.1 Å². The molecule has 14 heavy (non-hydrogen) atoms. The summed E-state index contributed by atoms with van der Waals surface area (Å²) < 4.78 is 0. The van der Waals surface area contributed by atoms with Crippen LogP contribution in [0.1, 0.15) is 21.6 Å². The van der Waals surface area contributed by atoms with Crippen LogP contribution in [0.15, 0.2) is 12.1 Å². The molecule has 0 spiro atoms. The van der Waals surface area contributed by atoms with Gasteiger partial charge in [0.15, 0.2) is 0 Å². The number of aryl methyl sites for hydroxylation is 2. The van der Waals surface area contributed by atoms with Gasteiger partial charge in [-0.15, -0.1) is 0 Å². The molecule has 4 nitrogen and oxygen atoms in total. The number of hydrogen-bond donors (Lipinski definition) is 2. The van der Waals surface area contributed by atoms with Gasteiger partial charge >= 0.3 is 5.97 Å². The number of aromatic nitrogens is 2. The van der Waals surface area contributed by atoms with E-state index in [1.165, 1.54) is 0 Å². The number of carbonyl (C=O) groups is 1. The topological polar surface area (TPSA) is 66.0 Å². The molecule has 0 amide bonds. The first-order valence-corrected chi connectivity index (χ1v) is 4.29. The predicted octanol–water partition coefficient (Wildman–Crippen LogP) is 1.88. The van der Waals surface area contributed by atoms with Gasteiger partial charge in [-0.3, -0.25) is 5.10 Å². The molecule has 4 heteroatoms. The van der Waals surface area contributed by atoms with E-state index in [1.807, 2.05) is 6.92 Å². The molecule has 2 aromatic rings. The molecule has 1 aromatic carbocycles. The highest BCUT2D eigenvalue weighted by molar-refractivity contribution is 5.96. The molecular weight excluding hydrogens is 180 g/mol. The van der Waals surface area contributed by atoms with Crippen LogP contribution in [0.4, 0.5) is 0 Å². The fourth-order valence-corrected chi connectivity index (χ4v) is 1.58. The summed E-state index contributed by atoms with van der Waals surface area (Å²) in [5.41, 5.74) is 2.71. The predicted molar refractivity (Wildman–Crippen MR) is 52.5 cm³/mol. The zero-order chi connectivity index (χ0) is 10.3. The Bertz CT molecular complexity index is 514. The second kappa shape index (κ2) is 2.83. The van der Waals surface area contributed by atoms with Crippen molar-refractivity contribution in [2.45, 2.75) is 13.8 Å². The van der Waals surface area contributed by atoms with Gasteiger partial charge in [-0.2, -0.15) is 5.10 Å². The molecule has 0 unspecified atom stereocenters. The van der Waals surface area contributed by atoms with Gasteiger partial charge in [-0.05, 0) is 25.5 Å².